The van der Waals surface area contributed by atoms with E-state index in [2.05, 4.69) is 39.5 Å². The second-order valence-corrected chi connectivity index (χ2v) is 4.43. The maximum absolute atomic E-state index is 10.8. The first-order valence-corrected chi connectivity index (χ1v) is 5.84. The molecule has 112 valence electrons. The van der Waals surface area contributed by atoms with Gasteiger partial charge in [-0.2, -0.15) is 0 Å². The van der Waals surface area contributed by atoms with Crippen molar-refractivity contribution in [3.63, 3.8) is 0 Å². The minimum absolute atomic E-state index is 0.0882. The average Bonchev–Trinajstić information content (AvgIpc) is 2.41. The molecular formula is C16H19NO4. The van der Waals surface area contributed by atoms with E-state index in [1.54, 1.807) is 0 Å². The molecular weight excluding hydrogens is 270 g/mol. The zero-order chi connectivity index (χ0) is 16.9. The molecule has 0 amide bonds. The van der Waals surface area contributed by atoms with Crippen LogP contribution in [-0.2, 0) is 9.59 Å². The summed E-state index contributed by atoms with van der Waals surface area (Å²) in [6, 6.07) is -1.31. The van der Waals surface area contributed by atoms with Crippen molar-refractivity contribution >= 4 is 11.9 Å². The number of carboxylic acid groups (broad SMARTS) is 2. The summed E-state index contributed by atoms with van der Waals surface area (Å²) in [4.78, 5) is 21.5. The van der Waals surface area contributed by atoms with Gasteiger partial charge in [0.15, 0.2) is 0 Å². The van der Waals surface area contributed by atoms with E-state index < -0.39 is 18.0 Å². The molecule has 4 N–H and O–H groups in total. The summed E-state index contributed by atoms with van der Waals surface area (Å²) < 4.78 is 0. The highest BCUT2D eigenvalue weighted by Gasteiger charge is 2.21. The third-order valence-corrected chi connectivity index (χ3v) is 2.91. The zero-order valence-corrected chi connectivity index (χ0v) is 11.8. The SMILES string of the molecule is C=C(CC(=O)O)C(=C)C(=C)C(=C)C(=C)C(=C)C(N)C(=O)O. The third kappa shape index (κ3) is 4.74. The largest absolute Gasteiger partial charge is 0.481 e. The molecule has 0 aliphatic rings. The van der Waals surface area contributed by atoms with Crippen LogP contribution in [0.15, 0.2) is 72.9 Å². The van der Waals surface area contributed by atoms with Gasteiger partial charge in [-0.15, -0.1) is 0 Å². The first-order valence-electron chi connectivity index (χ1n) is 5.84. The number of aliphatic carboxylic acids is 2. The Kier molecular flexibility index (Phi) is 6.30. The smallest absolute Gasteiger partial charge is 0.325 e. The normalized spacial score (nSPS) is 11.1. The number of allylic oxidation sites excluding steroid dienone is 3. The highest BCUT2D eigenvalue weighted by molar-refractivity contribution is 5.80. The summed E-state index contributed by atoms with van der Waals surface area (Å²) in [7, 11) is 0. The lowest BCUT2D eigenvalue weighted by Gasteiger charge is -2.19. The van der Waals surface area contributed by atoms with Crippen molar-refractivity contribution in [2.24, 2.45) is 5.73 Å². The molecule has 0 radical (unpaired) electrons. The average molecular weight is 289 g/mol. The van der Waals surface area contributed by atoms with Gasteiger partial charge >= 0.3 is 11.9 Å². The summed E-state index contributed by atoms with van der Waals surface area (Å²) in [6.07, 6.45) is -0.285. The lowest BCUT2D eigenvalue weighted by molar-refractivity contribution is -0.138. The van der Waals surface area contributed by atoms with Crippen molar-refractivity contribution in [2.45, 2.75) is 12.5 Å². The van der Waals surface area contributed by atoms with E-state index in [4.69, 9.17) is 15.9 Å². The molecule has 0 saturated carbocycles. The Labute approximate surface area is 123 Å². The molecule has 0 heterocycles. The monoisotopic (exact) mass is 289 g/mol. The van der Waals surface area contributed by atoms with Crippen LogP contribution >= 0.6 is 0 Å². The van der Waals surface area contributed by atoms with E-state index in [1.165, 1.54) is 0 Å². The summed E-state index contributed by atoms with van der Waals surface area (Å²) in [5.41, 5.74) is 6.94. The molecule has 1 unspecified atom stereocenters. The molecule has 5 nitrogen and oxygen atoms in total. The van der Waals surface area contributed by atoms with Crippen LogP contribution in [0.2, 0.25) is 0 Å². The number of hydrogen-bond acceptors (Lipinski definition) is 3. The molecule has 1 atom stereocenters. The van der Waals surface area contributed by atoms with Crippen LogP contribution in [0.25, 0.3) is 0 Å². The topological polar surface area (TPSA) is 101 Å². The maximum atomic E-state index is 10.8. The van der Waals surface area contributed by atoms with Crippen LogP contribution in [0.4, 0.5) is 0 Å². The van der Waals surface area contributed by atoms with Gasteiger partial charge in [-0.25, -0.2) is 0 Å². The molecule has 0 bridgehead atoms. The molecule has 0 fully saturated rings. The Bertz CT molecular complexity index is 581. The fourth-order valence-electron chi connectivity index (χ4n) is 1.40. The van der Waals surface area contributed by atoms with E-state index in [0.29, 0.717) is 11.1 Å². The number of nitrogens with two attached hydrogens (primary N) is 1. The second kappa shape index (κ2) is 7.21. The van der Waals surface area contributed by atoms with E-state index in [1.807, 2.05) is 0 Å². The van der Waals surface area contributed by atoms with Gasteiger partial charge in [0.1, 0.15) is 6.04 Å². The van der Waals surface area contributed by atoms with Gasteiger partial charge < -0.3 is 15.9 Å². The first-order chi connectivity index (χ1) is 9.50. The van der Waals surface area contributed by atoms with Crippen molar-refractivity contribution in [3.8, 4) is 0 Å². The van der Waals surface area contributed by atoms with Crippen LogP contribution < -0.4 is 5.73 Å². The van der Waals surface area contributed by atoms with Gasteiger partial charge in [0.25, 0.3) is 0 Å². The molecule has 0 aliphatic heterocycles. The van der Waals surface area contributed by atoms with E-state index in [0.717, 1.165) is 0 Å². The van der Waals surface area contributed by atoms with E-state index in [9.17, 15) is 9.59 Å². The van der Waals surface area contributed by atoms with Crippen LogP contribution in [-0.4, -0.2) is 28.2 Å². The number of rotatable bonds is 9. The predicted octanol–water partition coefficient (Wildman–Crippen LogP) is 2.21. The highest BCUT2D eigenvalue weighted by Crippen LogP contribution is 2.29. The number of carboxylic acids is 2. The minimum Gasteiger partial charge on any atom is -0.481 e. The second-order valence-electron chi connectivity index (χ2n) is 4.43. The Morgan fingerprint density at radius 1 is 0.857 bits per heavy atom. The van der Waals surface area contributed by atoms with Gasteiger partial charge in [-0.05, 0) is 33.4 Å². The standard InChI is InChI=1S/C16H19NO4/c1-8(7-14(18)19)9(2)10(3)11(4)12(5)13(6)15(17)16(20)21/h15H,1-7,17H2,(H,18,19)(H,20,21). The summed E-state index contributed by atoms with van der Waals surface area (Å²) in [5, 5.41) is 17.6. The van der Waals surface area contributed by atoms with Crippen LogP contribution in [0.3, 0.4) is 0 Å². The van der Waals surface area contributed by atoms with Gasteiger partial charge in [-0.1, -0.05) is 39.5 Å². The quantitative estimate of drug-likeness (QED) is 0.565. The van der Waals surface area contributed by atoms with Crippen molar-refractivity contribution in [3.05, 3.63) is 72.9 Å². The summed E-state index contributed by atoms with van der Waals surface area (Å²) >= 11 is 0. The third-order valence-electron chi connectivity index (χ3n) is 2.91. The lowest BCUT2D eigenvalue weighted by atomic mass is 9.87. The minimum atomic E-state index is -1.31. The summed E-state index contributed by atoms with van der Waals surface area (Å²) in [5.74, 6) is -2.29. The van der Waals surface area contributed by atoms with Crippen molar-refractivity contribution in [1.29, 1.82) is 0 Å². The van der Waals surface area contributed by atoms with E-state index >= 15 is 0 Å². The Morgan fingerprint density at radius 2 is 1.29 bits per heavy atom. The fraction of sp³-hybridized carbons (Fsp3) is 0.125. The van der Waals surface area contributed by atoms with E-state index in [-0.39, 0.29) is 28.7 Å². The van der Waals surface area contributed by atoms with Crippen LogP contribution in [0.5, 0.6) is 0 Å². The number of carbonyl (C=O) groups is 2. The Hall–Kier alpha value is -2.66. The van der Waals surface area contributed by atoms with Crippen molar-refractivity contribution < 1.29 is 19.8 Å². The highest BCUT2D eigenvalue weighted by atomic mass is 16.4. The summed E-state index contributed by atoms with van der Waals surface area (Å²) in [6.45, 7) is 22.1. The Morgan fingerprint density at radius 3 is 1.67 bits per heavy atom. The molecule has 0 aromatic rings. The maximum Gasteiger partial charge on any atom is 0.325 e. The molecule has 0 saturated heterocycles. The zero-order valence-electron chi connectivity index (χ0n) is 11.8. The molecule has 21 heavy (non-hydrogen) atoms. The molecule has 0 aromatic carbocycles. The lowest BCUT2D eigenvalue weighted by Crippen LogP contribution is -2.32. The van der Waals surface area contributed by atoms with Crippen molar-refractivity contribution in [1.82, 2.24) is 0 Å². The van der Waals surface area contributed by atoms with Gasteiger partial charge in [-0.3, -0.25) is 9.59 Å². The Balaban J connectivity index is 5.06. The van der Waals surface area contributed by atoms with Crippen LogP contribution in [0.1, 0.15) is 6.42 Å². The fourth-order valence-corrected chi connectivity index (χ4v) is 1.40. The molecule has 0 rings (SSSR count). The molecule has 5 heteroatoms. The number of hydrogen-bond donors (Lipinski definition) is 3. The molecule has 0 spiro atoms. The molecule has 0 aromatic heterocycles. The first kappa shape index (κ1) is 18.3. The predicted molar refractivity (Wildman–Crippen MR) is 82.7 cm³/mol. The van der Waals surface area contributed by atoms with Gasteiger partial charge in [0, 0.05) is 0 Å². The van der Waals surface area contributed by atoms with Crippen molar-refractivity contribution in [2.75, 3.05) is 0 Å². The van der Waals surface area contributed by atoms with Crippen LogP contribution in [0, 0.1) is 0 Å². The van der Waals surface area contributed by atoms with Gasteiger partial charge in [0.2, 0.25) is 0 Å². The van der Waals surface area contributed by atoms with Gasteiger partial charge in [0.05, 0.1) is 6.42 Å². The molecule has 0 aliphatic carbocycles.